The van der Waals surface area contributed by atoms with Gasteiger partial charge in [0.25, 0.3) is 0 Å². The SMILES string of the molecule is C1=C\CC/C=C\CC/1.F[B-](F)(F)F.[Rh].c1ccc([C@H]2CC[C@@H](c3ccccc3)P2CCP2[C@H](c3ccccc3)CC[C@H]2c2ccccc2)cc1. The van der Waals surface area contributed by atoms with Crippen LogP contribution in [-0.2, 0) is 19.5 Å². The van der Waals surface area contributed by atoms with Crippen molar-refractivity contribution in [1.29, 1.82) is 0 Å². The van der Waals surface area contributed by atoms with E-state index < -0.39 is 7.25 Å². The third kappa shape index (κ3) is 12.7. The minimum atomic E-state index is -6.00. The summed E-state index contributed by atoms with van der Waals surface area (Å²) in [6, 6.07) is 45.8. The zero-order valence-electron chi connectivity index (χ0n) is 28.6. The van der Waals surface area contributed by atoms with Crippen LogP contribution in [0.4, 0.5) is 17.3 Å². The summed E-state index contributed by atoms with van der Waals surface area (Å²) in [7, 11) is -6.20. The van der Waals surface area contributed by atoms with Crippen LogP contribution >= 0.6 is 15.8 Å². The van der Waals surface area contributed by atoms with E-state index in [1.807, 2.05) is 0 Å². The number of allylic oxidation sites excluding steroid dienone is 4. The normalized spacial score (nSPS) is 24.6. The molecule has 0 bridgehead atoms. The Balaban J connectivity index is 0.000000340. The van der Waals surface area contributed by atoms with Gasteiger partial charge in [0.05, 0.1) is 0 Å². The van der Waals surface area contributed by atoms with Gasteiger partial charge in [-0.15, -0.1) is 0 Å². The largest absolute Gasteiger partial charge is 0.673 e. The van der Waals surface area contributed by atoms with Crippen molar-refractivity contribution in [2.45, 2.75) is 74.0 Å². The van der Waals surface area contributed by atoms with Gasteiger partial charge < -0.3 is 17.3 Å². The Bertz CT molecular complexity index is 1330. The van der Waals surface area contributed by atoms with Crippen LogP contribution in [0, 0.1) is 0 Å². The summed E-state index contributed by atoms with van der Waals surface area (Å²) in [6.45, 7) is 0. The average molecular weight is 805 g/mol. The summed E-state index contributed by atoms with van der Waals surface area (Å²) in [5.74, 6) is 0. The fourth-order valence-corrected chi connectivity index (χ4v) is 15.7. The summed E-state index contributed by atoms with van der Waals surface area (Å²) >= 11 is 0. The van der Waals surface area contributed by atoms with Crippen LogP contribution in [0.1, 0.15) is 96.3 Å². The van der Waals surface area contributed by atoms with E-state index >= 15 is 0 Å². The van der Waals surface area contributed by atoms with Crippen molar-refractivity contribution in [1.82, 2.24) is 0 Å². The van der Waals surface area contributed by atoms with E-state index in [0.717, 1.165) is 22.6 Å². The Labute approximate surface area is 312 Å². The first-order chi connectivity index (χ1) is 23.9. The van der Waals surface area contributed by atoms with Gasteiger partial charge >= 0.3 is 7.25 Å². The van der Waals surface area contributed by atoms with Gasteiger partial charge in [-0.05, 0) is 85.9 Å². The Morgan fingerprint density at radius 2 is 0.600 bits per heavy atom. The zero-order chi connectivity index (χ0) is 34.3. The van der Waals surface area contributed by atoms with Gasteiger partial charge in [-0.2, -0.15) is 0 Å². The number of hydrogen-bond donors (Lipinski definition) is 0. The molecule has 0 nitrogen and oxygen atoms in total. The fourth-order valence-electron chi connectivity index (χ4n) is 7.57. The first-order valence-corrected chi connectivity index (χ1v) is 21.1. The Morgan fingerprint density at radius 3 is 0.800 bits per heavy atom. The summed E-state index contributed by atoms with van der Waals surface area (Å²) < 4.78 is 39.0. The van der Waals surface area contributed by atoms with Crippen molar-refractivity contribution in [3.63, 3.8) is 0 Å². The maximum Gasteiger partial charge on any atom is 0.673 e. The van der Waals surface area contributed by atoms with E-state index in [1.54, 1.807) is 22.3 Å². The maximum atomic E-state index is 9.75. The van der Waals surface area contributed by atoms with E-state index in [9.17, 15) is 17.3 Å². The Hall–Kier alpha value is -2.37. The molecule has 50 heavy (non-hydrogen) atoms. The van der Waals surface area contributed by atoms with Crippen LogP contribution in [0.25, 0.3) is 0 Å². The van der Waals surface area contributed by atoms with Gasteiger partial charge in [0, 0.05) is 42.1 Å². The molecule has 2 fully saturated rings. The van der Waals surface area contributed by atoms with Crippen molar-refractivity contribution in [2.75, 3.05) is 12.3 Å². The van der Waals surface area contributed by atoms with Crippen LogP contribution < -0.4 is 0 Å². The number of benzene rings is 4. The minimum Gasteiger partial charge on any atom is -0.418 e. The molecule has 0 spiro atoms. The van der Waals surface area contributed by atoms with Crippen molar-refractivity contribution in [3.8, 4) is 0 Å². The Morgan fingerprint density at radius 1 is 0.400 bits per heavy atom. The number of halogens is 4. The predicted octanol–water partition coefficient (Wildman–Crippen LogP) is 14.5. The molecule has 0 aromatic heterocycles. The third-order valence-corrected chi connectivity index (χ3v) is 17.0. The third-order valence-electron chi connectivity index (χ3n) is 9.72. The predicted molar refractivity (Wildman–Crippen MR) is 206 cm³/mol. The van der Waals surface area contributed by atoms with E-state index in [-0.39, 0.29) is 35.3 Å². The quantitative estimate of drug-likeness (QED) is 0.0756. The van der Waals surface area contributed by atoms with Gasteiger partial charge in [-0.1, -0.05) is 161 Å². The van der Waals surface area contributed by atoms with Crippen LogP contribution in [-0.4, -0.2) is 19.6 Å². The second-order valence-electron chi connectivity index (χ2n) is 12.9. The molecule has 2 heterocycles. The number of rotatable bonds is 7. The van der Waals surface area contributed by atoms with Gasteiger partial charge in [-0.3, -0.25) is 0 Å². The van der Waals surface area contributed by atoms with Gasteiger partial charge in [-0.25, -0.2) is 0 Å². The summed E-state index contributed by atoms with van der Waals surface area (Å²) in [5.41, 5.74) is 9.31. The average Bonchev–Trinajstić information content (AvgIpc) is 3.73. The molecule has 1 unspecified atom stereocenters. The molecule has 2 aliphatic heterocycles. The van der Waals surface area contributed by atoms with Gasteiger partial charge in [0.15, 0.2) is 0 Å². The molecule has 4 aromatic rings. The summed E-state index contributed by atoms with van der Waals surface area (Å²) in [6.07, 6.45) is 22.2. The van der Waals surface area contributed by atoms with Crippen molar-refractivity contribution in [3.05, 3.63) is 168 Å². The Kier molecular flexibility index (Phi) is 17.2. The van der Waals surface area contributed by atoms with Crippen molar-refractivity contribution < 1.29 is 36.7 Å². The van der Waals surface area contributed by atoms with Crippen LogP contribution in [0.5, 0.6) is 0 Å². The maximum absolute atomic E-state index is 9.75. The summed E-state index contributed by atoms with van der Waals surface area (Å²) in [4.78, 5) is 0. The fraction of sp³-hybridized carbons (Fsp3) is 0.333. The van der Waals surface area contributed by atoms with Crippen LogP contribution in [0.3, 0.4) is 0 Å². The molecule has 1 aliphatic carbocycles. The summed E-state index contributed by atoms with van der Waals surface area (Å²) in [5, 5.41) is 0. The molecule has 267 valence electrons. The molecule has 3 aliphatic rings. The second-order valence-corrected chi connectivity index (χ2v) is 18.4. The van der Waals surface area contributed by atoms with Crippen molar-refractivity contribution >= 4 is 23.1 Å². The molecule has 4 aromatic carbocycles. The molecule has 8 heteroatoms. The van der Waals surface area contributed by atoms with E-state index in [1.165, 1.54) is 63.7 Å². The molecular formula is C42H48BF4P2Rh-. The van der Waals surface area contributed by atoms with E-state index in [4.69, 9.17) is 0 Å². The van der Waals surface area contributed by atoms with Gasteiger partial charge in [0.2, 0.25) is 0 Å². The second kappa shape index (κ2) is 21.2. The minimum absolute atomic E-state index is 0. The first kappa shape index (κ1) is 40.4. The molecule has 0 N–H and O–H groups in total. The standard InChI is InChI=1S/C34H36P2.C8H12.BF4.Rh/c1-5-13-27(14-6-1)31-21-22-32(28-15-7-2-8-16-28)35(31)25-26-36-33(29-17-9-3-10-18-29)23-24-34(36)30-19-11-4-12-20-30;1-2-4-6-8-7-5-3-1;2-1(3,4)5;/h1-20,31-34H,21-26H2;1-2,7-8H,3-6H2;;/q;;-1;/b;2-1-,8-7-;;/t31-,32-,33-,34+,36?;;;/m0.../s1. The van der Waals surface area contributed by atoms with E-state index in [0.29, 0.717) is 0 Å². The van der Waals surface area contributed by atoms with Crippen LogP contribution in [0.15, 0.2) is 146 Å². The smallest absolute Gasteiger partial charge is 0.418 e. The van der Waals surface area contributed by atoms with Crippen molar-refractivity contribution in [2.24, 2.45) is 0 Å². The zero-order valence-corrected chi connectivity index (χ0v) is 32.0. The molecule has 0 saturated carbocycles. The monoisotopic (exact) mass is 804 g/mol. The van der Waals surface area contributed by atoms with Crippen LogP contribution in [0.2, 0.25) is 0 Å². The molecule has 0 amide bonds. The van der Waals surface area contributed by atoms with Gasteiger partial charge in [0.1, 0.15) is 0 Å². The molecule has 7 rings (SSSR count). The number of hydrogen-bond acceptors (Lipinski definition) is 0. The molecule has 1 radical (unpaired) electrons. The molecule has 5 atom stereocenters. The molecular weight excluding hydrogens is 756 g/mol. The first-order valence-electron chi connectivity index (χ1n) is 17.8. The van der Waals surface area contributed by atoms with E-state index in [2.05, 4.69) is 146 Å². The molecule has 2 saturated heterocycles. The topological polar surface area (TPSA) is 0 Å².